The van der Waals surface area contributed by atoms with E-state index in [1.165, 1.54) is 17.8 Å². The third kappa shape index (κ3) is 7.84. The summed E-state index contributed by atoms with van der Waals surface area (Å²) in [5.74, 6) is 0.0386. The summed E-state index contributed by atoms with van der Waals surface area (Å²) < 4.78 is 48.6. The number of hydrogen-bond donors (Lipinski definition) is 6. The van der Waals surface area contributed by atoms with Gasteiger partial charge in [-0.3, -0.25) is 18.2 Å². The summed E-state index contributed by atoms with van der Waals surface area (Å²) in [6, 6.07) is 0. The third-order valence-corrected chi connectivity index (χ3v) is 8.17. The molecule has 11 atom stereocenters. The number of rotatable bonds is 8. The summed E-state index contributed by atoms with van der Waals surface area (Å²) in [6.07, 6.45) is -12.6. The Morgan fingerprint density at radius 3 is 2.31 bits per heavy atom. The minimum Gasteiger partial charge on any atom is -0.756 e. The average Bonchev–Trinajstić information content (AvgIpc) is 3.36. The number of anilines is 1. The van der Waals surface area contributed by atoms with Gasteiger partial charge in [-0.05, 0) is 6.92 Å². The van der Waals surface area contributed by atoms with E-state index in [1.54, 1.807) is 0 Å². The van der Waals surface area contributed by atoms with Gasteiger partial charge in [0, 0.05) is 0 Å². The van der Waals surface area contributed by atoms with Crippen molar-refractivity contribution in [2.45, 2.75) is 62.2 Å². The Morgan fingerprint density at radius 2 is 1.64 bits per heavy atom. The summed E-state index contributed by atoms with van der Waals surface area (Å²) in [7, 11) is -11.5. The molecule has 2 fully saturated rings. The normalized spacial score (nSPS) is 35.9. The van der Waals surface area contributed by atoms with E-state index in [-0.39, 0.29) is 76.1 Å². The standard InChI is InChI=1S/C16H25N5O14P2.2Na/c1-5-8(22)10(24)12(26)16(32-5)34-37(29,30)35-36(27,28)31-2-6-9(23)11(25)15(33-6)21-4-20-7-13(17)18-3-19-14(7)21;;/h3-6,8-12,15-16,22-26H,2H2,1H3,(H,27,28)(H,29,30)(H2,17,18,19);;/q;2*+1/p-2/t5-,6+,8-,9+,10-,11+,12-,15+,16+;;/m0../s1. The van der Waals surface area contributed by atoms with Crippen molar-refractivity contribution < 1.29 is 126 Å². The van der Waals surface area contributed by atoms with Crippen molar-refractivity contribution in [1.29, 1.82) is 0 Å². The minimum absolute atomic E-state index is 0. The molecule has 4 rings (SSSR count). The zero-order valence-electron chi connectivity index (χ0n) is 20.7. The second-order valence-electron chi connectivity index (χ2n) is 8.19. The monoisotopic (exact) mass is 617 g/mol. The molecule has 4 heterocycles. The number of nitrogens with zero attached hydrogens (tertiary/aromatic N) is 4. The number of aliphatic hydroxyl groups is 5. The van der Waals surface area contributed by atoms with Crippen LogP contribution in [0.15, 0.2) is 12.7 Å². The average molecular weight is 617 g/mol. The van der Waals surface area contributed by atoms with Crippen LogP contribution in [0.1, 0.15) is 13.2 Å². The molecular formula is C16H23N5Na2O14P2. The van der Waals surface area contributed by atoms with Crippen LogP contribution in [0.25, 0.3) is 11.2 Å². The number of fused-ring (bicyclic) bond motifs is 1. The first-order chi connectivity index (χ1) is 17.2. The molecule has 0 spiro atoms. The van der Waals surface area contributed by atoms with Crippen LogP contribution in [0, 0.1) is 0 Å². The first-order valence-corrected chi connectivity index (χ1v) is 13.4. The molecule has 2 unspecified atom stereocenters. The van der Waals surface area contributed by atoms with E-state index in [1.807, 2.05) is 0 Å². The second-order valence-corrected chi connectivity index (χ2v) is 11.1. The molecule has 0 saturated carbocycles. The van der Waals surface area contributed by atoms with E-state index in [4.69, 9.17) is 15.2 Å². The molecule has 0 aliphatic carbocycles. The Kier molecular flexibility index (Phi) is 12.5. The maximum absolute atomic E-state index is 12.1. The van der Waals surface area contributed by atoms with Crippen LogP contribution >= 0.6 is 15.6 Å². The molecule has 2 aliphatic heterocycles. The quantitative estimate of drug-likeness (QED) is 0.118. The zero-order chi connectivity index (χ0) is 27.3. The van der Waals surface area contributed by atoms with Crippen LogP contribution in [-0.4, -0.2) is 101 Å². The van der Waals surface area contributed by atoms with Gasteiger partial charge in [0.2, 0.25) is 0 Å². The molecule has 2 aromatic heterocycles. The van der Waals surface area contributed by atoms with Crippen LogP contribution < -0.4 is 74.6 Å². The molecule has 208 valence electrons. The van der Waals surface area contributed by atoms with Crippen molar-refractivity contribution in [3.8, 4) is 0 Å². The predicted molar refractivity (Wildman–Crippen MR) is 111 cm³/mol. The number of aliphatic hydroxyl groups excluding tert-OH is 5. The van der Waals surface area contributed by atoms with Crippen LogP contribution in [0.5, 0.6) is 0 Å². The van der Waals surface area contributed by atoms with Gasteiger partial charge in [-0.1, -0.05) is 0 Å². The molecule has 39 heavy (non-hydrogen) atoms. The smallest absolute Gasteiger partial charge is 0.756 e. The Balaban J connectivity index is 0.00000267. The molecule has 23 heteroatoms. The molecule has 19 nitrogen and oxygen atoms in total. The topological polar surface area (TPSA) is 297 Å². The number of hydrogen-bond acceptors (Lipinski definition) is 18. The maximum Gasteiger partial charge on any atom is 1.00 e. The Hall–Kier alpha value is 0.330. The van der Waals surface area contributed by atoms with Crippen LogP contribution in [0.4, 0.5) is 5.82 Å². The van der Waals surface area contributed by atoms with Crippen LogP contribution in [0.3, 0.4) is 0 Å². The van der Waals surface area contributed by atoms with Gasteiger partial charge in [-0.2, -0.15) is 0 Å². The molecule has 7 N–H and O–H groups in total. The number of nitrogen functional groups attached to an aromatic ring is 1. The van der Waals surface area contributed by atoms with E-state index in [0.29, 0.717) is 0 Å². The number of phosphoric ester groups is 2. The minimum atomic E-state index is -5.78. The van der Waals surface area contributed by atoms with Gasteiger partial charge in [0.1, 0.15) is 48.5 Å². The summed E-state index contributed by atoms with van der Waals surface area (Å²) in [4.78, 5) is 35.9. The fourth-order valence-electron chi connectivity index (χ4n) is 3.71. The fraction of sp³-hybridized carbons (Fsp3) is 0.688. The van der Waals surface area contributed by atoms with E-state index in [0.717, 1.165) is 6.33 Å². The van der Waals surface area contributed by atoms with Gasteiger partial charge >= 0.3 is 59.1 Å². The van der Waals surface area contributed by atoms with Gasteiger partial charge in [0.25, 0.3) is 15.6 Å². The van der Waals surface area contributed by atoms with Gasteiger partial charge < -0.3 is 55.1 Å². The number of ether oxygens (including phenoxy) is 2. The molecular weight excluding hydrogens is 594 g/mol. The van der Waals surface area contributed by atoms with E-state index in [2.05, 4.69) is 28.3 Å². The van der Waals surface area contributed by atoms with Crippen molar-refractivity contribution >= 4 is 32.6 Å². The zero-order valence-corrected chi connectivity index (χ0v) is 26.5. The van der Waals surface area contributed by atoms with Gasteiger partial charge in [0.15, 0.2) is 24.0 Å². The Morgan fingerprint density at radius 1 is 0.974 bits per heavy atom. The first kappa shape index (κ1) is 35.5. The number of phosphoric acid groups is 2. The van der Waals surface area contributed by atoms with Gasteiger partial charge in [-0.15, -0.1) is 0 Å². The molecule has 2 saturated heterocycles. The maximum atomic E-state index is 12.1. The molecule has 2 aliphatic rings. The fourth-order valence-corrected chi connectivity index (χ4v) is 5.79. The number of aromatic nitrogens is 4. The Labute approximate surface area is 264 Å². The SMILES string of the molecule is C[C@@H]1O[C@H](OP(=O)([O-])OP(=O)([O-])OC[C@H]2O[C@@H](n3cnc4c(N)ncnc43)[C@H](O)[C@@H]2O)[C@@H](O)[C@@H](O)[C@H]1O.[Na+].[Na+]. The molecule has 0 amide bonds. The van der Waals surface area contributed by atoms with Crippen molar-refractivity contribution in [3.05, 3.63) is 12.7 Å². The van der Waals surface area contributed by atoms with E-state index < -0.39 is 77.5 Å². The van der Waals surface area contributed by atoms with E-state index in [9.17, 15) is 44.4 Å². The van der Waals surface area contributed by atoms with Crippen molar-refractivity contribution in [2.24, 2.45) is 0 Å². The van der Waals surface area contributed by atoms with Gasteiger partial charge in [-0.25, -0.2) is 19.3 Å². The Bertz CT molecular complexity index is 1230. The molecule has 0 aromatic carbocycles. The summed E-state index contributed by atoms with van der Waals surface area (Å²) in [5, 5.41) is 49.9. The summed E-state index contributed by atoms with van der Waals surface area (Å²) in [6.45, 7) is 0.237. The molecule has 0 radical (unpaired) electrons. The molecule has 0 bridgehead atoms. The van der Waals surface area contributed by atoms with E-state index >= 15 is 0 Å². The molecule has 2 aromatic rings. The number of imidazole rings is 1. The largest absolute Gasteiger partial charge is 1.00 e. The van der Waals surface area contributed by atoms with Crippen molar-refractivity contribution in [1.82, 2.24) is 19.5 Å². The van der Waals surface area contributed by atoms with Crippen molar-refractivity contribution in [3.63, 3.8) is 0 Å². The second kappa shape index (κ2) is 13.7. The predicted octanol–water partition coefficient (Wildman–Crippen LogP) is -10.2. The van der Waals surface area contributed by atoms with Gasteiger partial charge in [0.05, 0.1) is 19.0 Å². The van der Waals surface area contributed by atoms with Crippen molar-refractivity contribution in [2.75, 3.05) is 12.3 Å². The number of nitrogens with two attached hydrogens (primary N) is 1. The summed E-state index contributed by atoms with van der Waals surface area (Å²) in [5.41, 5.74) is 6.03. The third-order valence-electron chi connectivity index (χ3n) is 5.64. The first-order valence-electron chi connectivity index (χ1n) is 10.5. The summed E-state index contributed by atoms with van der Waals surface area (Å²) >= 11 is 0. The van der Waals surface area contributed by atoms with Crippen LogP contribution in [0.2, 0.25) is 0 Å². The van der Waals surface area contributed by atoms with Crippen LogP contribution in [-0.2, 0) is 32.0 Å².